The van der Waals surface area contributed by atoms with Crippen molar-refractivity contribution in [3.8, 4) is 0 Å². The molecule has 1 aromatic rings. The van der Waals surface area contributed by atoms with E-state index < -0.39 is 17.5 Å². The third-order valence-electron chi connectivity index (χ3n) is 2.43. The standard InChI is InChI=1S/C13H16F2N2O2/c1-8(2)12(18)16-6-7-17-13(19)9-4-3-5-10(14)11(9)15/h3-5,8H,6-7H2,1-2H3,(H,16,18)(H,17,19). The summed E-state index contributed by atoms with van der Waals surface area (Å²) in [5, 5.41) is 4.99. The highest BCUT2D eigenvalue weighted by Crippen LogP contribution is 2.10. The number of rotatable bonds is 5. The molecular formula is C13H16F2N2O2. The van der Waals surface area contributed by atoms with Gasteiger partial charge in [0, 0.05) is 19.0 Å². The van der Waals surface area contributed by atoms with Crippen LogP contribution in [0.2, 0.25) is 0 Å². The van der Waals surface area contributed by atoms with E-state index in [2.05, 4.69) is 10.6 Å². The van der Waals surface area contributed by atoms with Crippen LogP contribution in [0.4, 0.5) is 8.78 Å². The minimum Gasteiger partial charge on any atom is -0.354 e. The lowest BCUT2D eigenvalue weighted by atomic mass is 10.2. The molecule has 104 valence electrons. The Bertz CT molecular complexity index is 476. The Balaban J connectivity index is 2.44. The fourth-order valence-electron chi connectivity index (χ4n) is 1.34. The quantitative estimate of drug-likeness (QED) is 0.796. The molecule has 1 rings (SSSR count). The number of benzene rings is 1. The molecule has 0 atom stereocenters. The molecule has 4 nitrogen and oxygen atoms in total. The molecule has 0 aliphatic heterocycles. The van der Waals surface area contributed by atoms with E-state index in [4.69, 9.17) is 0 Å². The van der Waals surface area contributed by atoms with Crippen molar-refractivity contribution in [2.75, 3.05) is 13.1 Å². The van der Waals surface area contributed by atoms with Gasteiger partial charge in [-0.05, 0) is 12.1 Å². The monoisotopic (exact) mass is 270 g/mol. The molecule has 1 aromatic carbocycles. The van der Waals surface area contributed by atoms with Gasteiger partial charge < -0.3 is 10.6 Å². The van der Waals surface area contributed by atoms with E-state index in [0.717, 1.165) is 6.07 Å². The van der Waals surface area contributed by atoms with Crippen molar-refractivity contribution in [2.24, 2.45) is 5.92 Å². The Morgan fingerprint density at radius 3 is 2.42 bits per heavy atom. The van der Waals surface area contributed by atoms with Crippen molar-refractivity contribution in [3.05, 3.63) is 35.4 Å². The Morgan fingerprint density at radius 1 is 1.16 bits per heavy atom. The number of carbonyl (C=O) groups is 2. The lowest BCUT2D eigenvalue weighted by Crippen LogP contribution is -2.36. The van der Waals surface area contributed by atoms with Gasteiger partial charge in [-0.25, -0.2) is 8.78 Å². The summed E-state index contributed by atoms with van der Waals surface area (Å²) in [6, 6.07) is 3.39. The van der Waals surface area contributed by atoms with Gasteiger partial charge in [-0.3, -0.25) is 9.59 Å². The Hall–Kier alpha value is -1.98. The maximum absolute atomic E-state index is 13.3. The van der Waals surface area contributed by atoms with Crippen LogP contribution >= 0.6 is 0 Å². The number of carbonyl (C=O) groups excluding carboxylic acids is 2. The highest BCUT2D eigenvalue weighted by molar-refractivity contribution is 5.94. The Morgan fingerprint density at radius 2 is 1.79 bits per heavy atom. The van der Waals surface area contributed by atoms with Crippen molar-refractivity contribution in [1.29, 1.82) is 0 Å². The fourth-order valence-corrected chi connectivity index (χ4v) is 1.34. The van der Waals surface area contributed by atoms with E-state index in [9.17, 15) is 18.4 Å². The zero-order chi connectivity index (χ0) is 14.4. The largest absolute Gasteiger partial charge is 0.354 e. The van der Waals surface area contributed by atoms with Crippen LogP contribution in [0.5, 0.6) is 0 Å². The van der Waals surface area contributed by atoms with Gasteiger partial charge >= 0.3 is 0 Å². The minimum absolute atomic E-state index is 0.133. The summed E-state index contributed by atoms with van der Waals surface area (Å²) < 4.78 is 26.2. The first kappa shape index (κ1) is 15.1. The molecule has 0 heterocycles. The van der Waals surface area contributed by atoms with Gasteiger partial charge in [-0.15, -0.1) is 0 Å². The van der Waals surface area contributed by atoms with Crippen molar-refractivity contribution in [1.82, 2.24) is 10.6 Å². The number of hydrogen-bond acceptors (Lipinski definition) is 2. The molecule has 6 heteroatoms. The van der Waals surface area contributed by atoms with Crippen LogP contribution in [0.15, 0.2) is 18.2 Å². The van der Waals surface area contributed by atoms with Gasteiger partial charge in [-0.1, -0.05) is 19.9 Å². The van der Waals surface area contributed by atoms with Gasteiger partial charge in [0.05, 0.1) is 5.56 Å². The zero-order valence-electron chi connectivity index (χ0n) is 10.8. The molecule has 2 amide bonds. The fraction of sp³-hybridized carbons (Fsp3) is 0.385. The van der Waals surface area contributed by atoms with Crippen LogP contribution < -0.4 is 10.6 Å². The molecule has 0 fully saturated rings. The van der Waals surface area contributed by atoms with Gasteiger partial charge in [0.25, 0.3) is 5.91 Å². The molecule has 0 spiro atoms. The molecule has 19 heavy (non-hydrogen) atoms. The molecule has 0 aliphatic rings. The summed E-state index contributed by atoms with van der Waals surface area (Å²) in [7, 11) is 0. The molecule has 0 radical (unpaired) electrons. The lowest BCUT2D eigenvalue weighted by molar-refractivity contribution is -0.123. The van der Waals surface area contributed by atoms with Gasteiger partial charge in [0.15, 0.2) is 11.6 Å². The molecule has 0 saturated heterocycles. The van der Waals surface area contributed by atoms with E-state index in [1.807, 2.05) is 0 Å². The Kier molecular flexibility index (Phi) is 5.41. The van der Waals surface area contributed by atoms with Crippen molar-refractivity contribution in [3.63, 3.8) is 0 Å². The summed E-state index contributed by atoms with van der Waals surface area (Å²) in [6.07, 6.45) is 0. The highest BCUT2D eigenvalue weighted by Gasteiger charge is 2.14. The number of halogens is 2. The van der Waals surface area contributed by atoms with Crippen LogP contribution in [-0.2, 0) is 4.79 Å². The third-order valence-corrected chi connectivity index (χ3v) is 2.43. The first-order valence-electron chi connectivity index (χ1n) is 5.93. The van der Waals surface area contributed by atoms with Crippen LogP contribution in [0.25, 0.3) is 0 Å². The van der Waals surface area contributed by atoms with Crippen LogP contribution in [0.3, 0.4) is 0 Å². The van der Waals surface area contributed by atoms with Gasteiger partial charge in [0.1, 0.15) is 0 Å². The van der Waals surface area contributed by atoms with Crippen molar-refractivity contribution in [2.45, 2.75) is 13.8 Å². The molecular weight excluding hydrogens is 254 g/mol. The Labute approximate surface area is 110 Å². The van der Waals surface area contributed by atoms with E-state index in [-0.39, 0.29) is 30.5 Å². The minimum atomic E-state index is -1.17. The third kappa shape index (κ3) is 4.31. The van der Waals surface area contributed by atoms with Gasteiger partial charge in [-0.2, -0.15) is 0 Å². The molecule has 0 aliphatic carbocycles. The molecule has 0 saturated carbocycles. The molecule has 0 aromatic heterocycles. The number of hydrogen-bond donors (Lipinski definition) is 2. The lowest BCUT2D eigenvalue weighted by Gasteiger charge is -2.09. The first-order valence-corrected chi connectivity index (χ1v) is 5.93. The summed E-state index contributed by atoms with van der Waals surface area (Å²) in [5.74, 6) is -3.23. The SMILES string of the molecule is CC(C)C(=O)NCCNC(=O)c1cccc(F)c1F. The second-order valence-corrected chi connectivity index (χ2v) is 4.30. The predicted molar refractivity (Wildman–Crippen MR) is 66.5 cm³/mol. The maximum atomic E-state index is 13.3. The van der Waals surface area contributed by atoms with Crippen LogP contribution in [-0.4, -0.2) is 24.9 Å². The molecule has 0 unspecified atom stereocenters. The topological polar surface area (TPSA) is 58.2 Å². The van der Waals surface area contributed by atoms with Gasteiger partial charge in [0.2, 0.25) is 5.91 Å². The van der Waals surface area contributed by atoms with E-state index in [1.165, 1.54) is 12.1 Å². The summed E-state index contributed by atoms with van der Waals surface area (Å²) in [6.45, 7) is 3.87. The van der Waals surface area contributed by atoms with Crippen molar-refractivity contribution < 1.29 is 18.4 Å². The summed E-state index contributed by atoms with van der Waals surface area (Å²) >= 11 is 0. The van der Waals surface area contributed by atoms with E-state index in [0.29, 0.717) is 0 Å². The van der Waals surface area contributed by atoms with E-state index in [1.54, 1.807) is 13.8 Å². The summed E-state index contributed by atoms with van der Waals surface area (Å²) in [4.78, 5) is 22.8. The first-order chi connectivity index (χ1) is 8.93. The summed E-state index contributed by atoms with van der Waals surface area (Å²) in [5.41, 5.74) is -0.352. The average molecular weight is 270 g/mol. The smallest absolute Gasteiger partial charge is 0.254 e. The predicted octanol–water partition coefficient (Wildman–Crippen LogP) is 1.47. The van der Waals surface area contributed by atoms with Crippen LogP contribution in [0, 0.1) is 17.6 Å². The second kappa shape index (κ2) is 6.82. The van der Waals surface area contributed by atoms with E-state index >= 15 is 0 Å². The highest BCUT2D eigenvalue weighted by atomic mass is 19.2. The second-order valence-electron chi connectivity index (χ2n) is 4.30. The molecule has 0 bridgehead atoms. The average Bonchev–Trinajstić information content (AvgIpc) is 2.37. The number of amides is 2. The maximum Gasteiger partial charge on any atom is 0.254 e. The van der Waals surface area contributed by atoms with Crippen molar-refractivity contribution >= 4 is 11.8 Å². The number of nitrogens with one attached hydrogen (secondary N) is 2. The molecule has 2 N–H and O–H groups in total. The normalized spacial score (nSPS) is 10.4. The van der Waals surface area contributed by atoms with Crippen LogP contribution in [0.1, 0.15) is 24.2 Å². The zero-order valence-corrected chi connectivity index (χ0v) is 10.8.